The average molecular weight is 401 g/mol. The van der Waals surface area contributed by atoms with Crippen molar-refractivity contribution in [3.8, 4) is 0 Å². The topological polar surface area (TPSA) is 86.8 Å². The summed E-state index contributed by atoms with van der Waals surface area (Å²) < 4.78 is 24.8. The van der Waals surface area contributed by atoms with E-state index in [9.17, 15) is 18.0 Å². The Morgan fingerprint density at radius 1 is 1.04 bits per heavy atom. The van der Waals surface area contributed by atoms with Gasteiger partial charge in [0.05, 0.1) is 11.4 Å². The lowest BCUT2D eigenvalue weighted by atomic mass is 10.2. The third kappa shape index (κ3) is 4.01. The third-order valence-corrected chi connectivity index (χ3v) is 6.39. The van der Waals surface area contributed by atoms with Crippen LogP contribution in [0, 0.1) is 0 Å². The van der Waals surface area contributed by atoms with Crippen LogP contribution in [0.3, 0.4) is 0 Å². The van der Waals surface area contributed by atoms with Gasteiger partial charge in [-0.3, -0.25) is 9.59 Å². The molecule has 1 aliphatic rings. The molecule has 1 aliphatic heterocycles. The molecule has 0 radical (unpaired) electrons. The molecule has 3 rings (SSSR count). The van der Waals surface area contributed by atoms with Gasteiger partial charge in [0, 0.05) is 36.4 Å². The van der Waals surface area contributed by atoms with Crippen molar-refractivity contribution in [1.82, 2.24) is 0 Å². The standard InChI is InChI=1S/C20H23N3O4S/c1-3-22(4-2)17-11-7-16(8-12-17)21-20(25)15-5-9-18(10-6-15)23-19(24)13-14-28(23,26)27/h5-12H,3-4,13-14H2,1-2H3,(H,21,25). The highest BCUT2D eigenvalue weighted by Crippen LogP contribution is 2.25. The van der Waals surface area contributed by atoms with Gasteiger partial charge < -0.3 is 10.2 Å². The second kappa shape index (κ2) is 8.02. The Labute approximate surface area is 165 Å². The number of nitrogens with zero attached hydrogens (tertiary/aromatic N) is 2. The average Bonchev–Trinajstić information content (AvgIpc) is 2.96. The Morgan fingerprint density at radius 2 is 1.64 bits per heavy atom. The molecule has 7 nitrogen and oxygen atoms in total. The normalized spacial score (nSPS) is 15.5. The molecule has 1 fully saturated rings. The van der Waals surface area contributed by atoms with Crippen LogP contribution in [0.1, 0.15) is 30.6 Å². The highest BCUT2D eigenvalue weighted by molar-refractivity contribution is 7.94. The number of carbonyl (C=O) groups excluding carboxylic acids is 2. The summed E-state index contributed by atoms with van der Waals surface area (Å²) in [4.78, 5) is 26.5. The minimum absolute atomic E-state index is 0.0198. The molecular formula is C20H23N3O4S. The quantitative estimate of drug-likeness (QED) is 0.804. The zero-order chi connectivity index (χ0) is 20.3. The summed E-state index contributed by atoms with van der Waals surface area (Å²) in [5, 5.41) is 2.82. The smallest absolute Gasteiger partial charge is 0.255 e. The molecule has 2 amide bonds. The van der Waals surface area contributed by atoms with Crippen LogP contribution >= 0.6 is 0 Å². The van der Waals surface area contributed by atoms with E-state index < -0.39 is 15.9 Å². The number of sulfonamides is 1. The predicted octanol–water partition coefficient (Wildman–Crippen LogP) is 2.85. The lowest BCUT2D eigenvalue weighted by Gasteiger charge is -2.21. The first-order chi connectivity index (χ1) is 13.4. The van der Waals surface area contributed by atoms with Gasteiger partial charge in [-0.2, -0.15) is 0 Å². The summed E-state index contributed by atoms with van der Waals surface area (Å²) in [5.74, 6) is -0.944. The number of carbonyl (C=O) groups is 2. The van der Waals surface area contributed by atoms with E-state index in [2.05, 4.69) is 24.1 Å². The Hall–Kier alpha value is -2.87. The number of nitrogens with one attached hydrogen (secondary N) is 1. The van der Waals surface area contributed by atoms with Gasteiger partial charge >= 0.3 is 0 Å². The molecule has 1 heterocycles. The molecule has 0 bridgehead atoms. The van der Waals surface area contributed by atoms with Crippen LogP contribution in [0.2, 0.25) is 0 Å². The summed E-state index contributed by atoms with van der Waals surface area (Å²) in [6.45, 7) is 5.99. The van der Waals surface area contributed by atoms with Gasteiger partial charge in [-0.25, -0.2) is 12.7 Å². The van der Waals surface area contributed by atoms with E-state index in [1.54, 1.807) is 0 Å². The fourth-order valence-corrected chi connectivity index (χ4v) is 4.62. The fourth-order valence-electron chi connectivity index (χ4n) is 3.16. The molecule has 0 aliphatic carbocycles. The second-order valence-electron chi connectivity index (χ2n) is 6.44. The summed E-state index contributed by atoms with van der Waals surface area (Å²) in [7, 11) is -3.61. The van der Waals surface area contributed by atoms with Crippen LogP contribution in [0.15, 0.2) is 48.5 Å². The van der Waals surface area contributed by atoms with Gasteiger partial charge in [0.1, 0.15) is 0 Å². The Balaban J connectivity index is 1.71. The van der Waals surface area contributed by atoms with Crippen molar-refractivity contribution < 1.29 is 18.0 Å². The van der Waals surface area contributed by atoms with Crippen LogP contribution in [0.25, 0.3) is 0 Å². The van der Waals surface area contributed by atoms with Crippen LogP contribution < -0.4 is 14.5 Å². The monoisotopic (exact) mass is 401 g/mol. The van der Waals surface area contributed by atoms with Crippen molar-refractivity contribution in [3.63, 3.8) is 0 Å². The van der Waals surface area contributed by atoms with Crippen molar-refractivity contribution in [1.29, 1.82) is 0 Å². The molecule has 0 saturated carbocycles. The van der Waals surface area contributed by atoms with Gasteiger partial charge in [-0.1, -0.05) is 0 Å². The highest BCUT2D eigenvalue weighted by Gasteiger charge is 2.36. The molecule has 148 valence electrons. The van der Waals surface area contributed by atoms with E-state index >= 15 is 0 Å². The van der Waals surface area contributed by atoms with E-state index in [1.807, 2.05) is 24.3 Å². The molecule has 0 atom stereocenters. The first-order valence-electron chi connectivity index (χ1n) is 9.18. The molecule has 0 spiro atoms. The first kappa shape index (κ1) is 19.9. The maximum atomic E-state index is 12.4. The maximum absolute atomic E-state index is 12.4. The Kier molecular flexibility index (Phi) is 5.69. The first-order valence-corrected chi connectivity index (χ1v) is 10.8. The largest absolute Gasteiger partial charge is 0.372 e. The minimum atomic E-state index is -3.61. The molecule has 8 heteroatoms. The van der Waals surface area contributed by atoms with Gasteiger partial charge in [0.15, 0.2) is 0 Å². The number of rotatable bonds is 6. The van der Waals surface area contributed by atoms with E-state index in [-0.39, 0.29) is 23.8 Å². The zero-order valence-corrected chi connectivity index (χ0v) is 16.7. The second-order valence-corrected chi connectivity index (χ2v) is 8.38. The fraction of sp³-hybridized carbons (Fsp3) is 0.300. The molecule has 1 saturated heterocycles. The van der Waals surface area contributed by atoms with Gasteiger partial charge in [-0.15, -0.1) is 0 Å². The summed E-state index contributed by atoms with van der Waals surface area (Å²) in [6, 6.07) is 13.6. The predicted molar refractivity (Wildman–Crippen MR) is 110 cm³/mol. The van der Waals surface area contributed by atoms with Crippen molar-refractivity contribution >= 4 is 38.9 Å². The SMILES string of the molecule is CCN(CC)c1ccc(NC(=O)c2ccc(N3C(=O)CCS3(=O)=O)cc2)cc1. The maximum Gasteiger partial charge on any atom is 0.255 e. The molecule has 2 aromatic rings. The minimum Gasteiger partial charge on any atom is -0.372 e. The van der Waals surface area contributed by atoms with Crippen LogP contribution in [0.4, 0.5) is 17.1 Å². The molecule has 1 N–H and O–H groups in total. The summed E-state index contributed by atoms with van der Waals surface area (Å²) in [6.07, 6.45) is -0.0198. The van der Waals surface area contributed by atoms with Crippen molar-refractivity contribution in [2.75, 3.05) is 33.4 Å². The lowest BCUT2D eigenvalue weighted by Crippen LogP contribution is -2.29. The third-order valence-electron chi connectivity index (χ3n) is 4.70. The summed E-state index contributed by atoms with van der Waals surface area (Å²) >= 11 is 0. The summed E-state index contributed by atoms with van der Waals surface area (Å²) in [5.41, 5.74) is 2.38. The van der Waals surface area contributed by atoms with E-state index in [1.165, 1.54) is 24.3 Å². The molecular weight excluding hydrogens is 378 g/mol. The van der Waals surface area contributed by atoms with Crippen molar-refractivity contribution in [2.24, 2.45) is 0 Å². The van der Waals surface area contributed by atoms with Crippen LogP contribution in [-0.2, 0) is 14.8 Å². The number of amides is 2. The Morgan fingerprint density at radius 3 is 2.14 bits per heavy atom. The van der Waals surface area contributed by atoms with Gasteiger partial charge in [-0.05, 0) is 62.4 Å². The molecule has 0 aromatic heterocycles. The highest BCUT2D eigenvalue weighted by atomic mass is 32.2. The van der Waals surface area contributed by atoms with E-state index in [0.717, 1.165) is 23.1 Å². The molecule has 0 unspecified atom stereocenters. The zero-order valence-electron chi connectivity index (χ0n) is 15.9. The number of hydrogen-bond donors (Lipinski definition) is 1. The number of benzene rings is 2. The molecule has 2 aromatic carbocycles. The van der Waals surface area contributed by atoms with Crippen molar-refractivity contribution in [3.05, 3.63) is 54.1 Å². The lowest BCUT2D eigenvalue weighted by molar-refractivity contribution is -0.116. The van der Waals surface area contributed by atoms with E-state index in [0.29, 0.717) is 11.3 Å². The van der Waals surface area contributed by atoms with E-state index in [4.69, 9.17) is 0 Å². The van der Waals surface area contributed by atoms with Gasteiger partial charge in [0.2, 0.25) is 15.9 Å². The van der Waals surface area contributed by atoms with Gasteiger partial charge in [0.25, 0.3) is 5.91 Å². The van der Waals surface area contributed by atoms with Crippen molar-refractivity contribution in [2.45, 2.75) is 20.3 Å². The number of hydrogen-bond acceptors (Lipinski definition) is 5. The Bertz CT molecular complexity index is 966. The number of anilines is 3. The van der Waals surface area contributed by atoms with Crippen LogP contribution in [-0.4, -0.2) is 39.1 Å². The molecule has 28 heavy (non-hydrogen) atoms. The van der Waals surface area contributed by atoms with Crippen LogP contribution in [0.5, 0.6) is 0 Å².